The van der Waals surface area contributed by atoms with Gasteiger partial charge in [-0.2, -0.15) is 5.26 Å². The number of hydrogen-bond donors (Lipinski definition) is 1. The van der Waals surface area contributed by atoms with Gasteiger partial charge in [0.15, 0.2) is 6.04 Å². The van der Waals surface area contributed by atoms with Crippen molar-refractivity contribution in [2.24, 2.45) is 0 Å². The lowest BCUT2D eigenvalue weighted by molar-refractivity contribution is 0.701. The molecular formula is C13H13ClN4. The Morgan fingerprint density at radius 1 is 1.50 bits per heavy atom. The maximum Gasteiger partial charge on any atom is 0.156 e. The molecule has 5 heteroatoms. The van der Waals surface area contributed by atoms with E-state index in [1.807, 2.05) is 29.7 Å². The first kappa shape index (κ1) is 12.5. The summed E-state index contributed by atoms with van der Waals surface area (Å²) in [5.74, 6) is 0. The van der Waals surface area contributed by atoms with Crippen molar-refractivity contribution in [2.45, 2.75) is 19.5 Å². The molecule has 0 spiro atoms. The SMILES string of the molecule is CCn1cncc1C(C#N)Nc1ccccc1Cl. The number of rotatable bonds is 4. The molecule has 2 aromatic rings. The van der Waals surface area contributed by atoms with Crippen molar-refractivity contribution >= 4 is 17.3 Å². The number of benzene rings is 1. The summed E-state index contributed by atoms with van der Waals surface area (Å²) in [6.07, 6.45) is 3.41. The molecule has 18 heavy (non-hydrogen) atoms. The first-order valence-corrected chi connectivity index (χ1v) is 6.04. The van der Waals surface area contributed by atoms with Crippen LogP contribution in [0.5, 0.6) is 0 Å². The molecule has 0 saturated carbocycles. The van der Waals surface area contributed by atoms with Crippen LogP contribution in [0.2, 0.25) is 5.02 Å². The number of para-hydroxylation sites is 1. The van der Waals surface area contributed by atoms with Crippen LogP contribution in [0.1, 0.15) is 18.7 Å². The van der Waals surface area contributed by atoms with Gasteiger partial charge in [-0.25, -0.2) is 4.98 Å². The number of imidazole rings is 1. The molecule has 1 aromatic heterocycles. The molecule has 4 nitrogen and oxygen atoms in total. The summed E-state index contributed by atoms with van der Waals surface area (Å²) in [6, 6.07) is 9.12. The number of hydrogen-bond acceptors (Lipinski definition) is 3. The monoisotopic (exact) mass is 260 g/mol. The number of aryl methyl sites for hydroxylation is 1. The van der Waals surface area contributed by atoms with Gasteiger partial charge in [-0.05, 0) is 19.1 Å². The number of nitriles is 1. The van der Waals surface area contributed by atoms with E-state index in [4.69, 9.17) is 11.6 Å². The minimum absolute atomic E-state index is 0.465. The molecule has 1 aromatic carbocycles. The molecule has 1 N–H and O–H groups in total. The lowest BCUT2D eigenvalue weighted by Gasteiger charge is -2.15. The van der Waals surface area contributed by atoms with Crippen molar-refractivity contribution in [3.8, 4) is 6.07 Å². The van der Waals surface area contributed by atoms with Crippen LogP contribution in [0.15, 0.2) is 36.8 Å². The third-order valence-electron chi connectivity index (χ3n) is 2.68. The molecule has 1 atom stereocenters. The van der Waals surface area contributed by atoms with Crippen molar-refractivity contribution in [3.05, 3.63) is 47.5 Å². The van der Waals surface area contributed by atoms with Crippen LogP contribution in [-0.2, 0) is 6.54 Å². The molecule has 0 saturated heterocycles. The summed E-state index contributed by atoms with van der Waals surface area (Å²) in [6.45, 7) is 2.78. The van der Waals surface area contributed by atoms with Gasteiger partial charge < -0.3 is 9.88 Å². The van der Waals surface area contributed by atoms with Gasteiger partial charge in [0.25, 0.3) is 0 Å². The van der Waals surface area contributed by atoms with E-state index in [-0.39, 0.29) is 0 Å². The highest BCUT2D eigenvalue weighted by Gasteiger charge is 2.15. The van der Waals surface area contributed by atoms with E-state index in [1.54, 1.807) is 18.6 Å². The quantitative estimate of drug-likeness (QED) is 0.918. The third-order valence-corrected chi connectivity index (χ3v) is 3.01. The van der Waals surface area contributed by atoms with Crippen LogP contribution >= 0.6 is 11.6 Å². The van der Waals surface area contributed by atoms with Gasteiger partial charge in [0.1, 0.15) is 0 Å². The summed E-state index contributed by atoms with van der Waals surface area (Å²) < 4.78 is 1.93. The van der Waals surface area contributed by atoms with Crippen LogP contribution in [0.4, 0.5) is 5.69 Å². The van der Waals surface area contributed by atoms with Gasteiger partial charge in [0.2, 0.25) is 0 Å². The van der Waals surface area contributed by atoms with E-state index in [9.17, 15) is 5.26 Å². The lowest BCUT2D eigenvalue weighted by atomic mass is 10.2. The fraction of sp³-hybridized carbons (Fsp3) is 0.231. The average Bonchev–Trinajstić information content (AvgIpc) is 2.86. The highest BCUT2D eigenvalue weighted by molar-refractivity contribution is 6.33. The second-order valence-electron chi connectivity index (χ2n) is 3.79. The first-order valence-electron chi connectivity index (χ1n) is 5.67. The van der Waals surface area contributed by atoms with E-state index in [1.165, 1.54) is 0 Å². The van der Waals surface area contributed by atoms with Crippen molar-refractivity contribution in [2.75, 3.05) is 5.32 Å². The Balaban J connectivity index is 2.26. The Morgan fingerprint density at radius 2 is 2.28 bits per heavy atom. The minimum atomic E-state index is -0.465. The summed E-state index contributed by atoms with van der Waals surface area (Å²) in [5, 5.41) is 13.0. The van der Waals surface area contributed by atoms with E-state index < -0.39 is 6.04 Å². The second kappa shape index (κ2) is 5.56. The summed E-state index contributed by atoms with van der Waals surface area (Å²) >= 11 is 6.07. The van der Waals surface area contributed by atoms with Gasteiger partial charge >= 0.3 is 0 Å². The Labute approximate surface area is 111 Å². The van der Waals surface area contributed by atoms with Crippen molar-refractivity contribution in [3.63, 3.8) is 0 Å². The normalized spacial score (nSPS) is 11.8. The Morgan fingerprint density at radius 3 is 2.94 bits per heavy atom. The summed E-state index contributed by atoms with van der Waals surface area (Å²) in [4.78, 5) is 4.06. The molecule has 0 fully saturated rings. The molecule has 0 radical (unpaired) electrons. The molecule has 92 valence electrons. The lowest BCUT2D eigenvalue weighted by Crippen LogP contribution is -2.13. The van der Waals surface area contributed by atoms with Crippen LogP contribution in [0.25, 0.3) is 0 Å². The van der Waals surface area contributed by atoms with Crippen LogP contribution in [0.3, 0.4) is 0 Å². The van der Waals surface area contributed by atoms with Crippen LogP contribution < -0.4 is 5.32 Å². The van der Waals surface area contributed by atoms with Crippen molar-refractivity contribution in [1.29, 1.82) is 5.26 Å². The average molecular weight is 261 g/mol. The van der Waals surface area contributed by atoms with Gasteiger partial charge in [-0.15, -0.1) is 0 Å². The summed E-state index contributed by atoms with van der Waals surface area (Å²) in [7, 11) is 0. The van der Waals surface area contributed by atoms with E-state index >= 15 is 0 Å². The minimum Gasteiger partial charge on any atom is -0.364 e. The summed E-state index contributed by atoms with van der Waals surface area (Å²) in [5.41, 5.74) is 1.58. The second-order valence-corrected chi connectivity index (χ2v) is 4.20. The third kappa shape index (κ3) is 2.47. The maximum atomic E-state index is 9.27. The van der Waals surface area contributed by atoms with Gasteiger partial charge in [-0.3, -0.25) is 0 Å². The van der Waals surface area contributed by atoms with Crippen LogP contribution in [-0.4, -0.2) is 9.55 Å². The highest BCUT2D eigenvalue weighted by atomic mass is 35.5. The van der Waals surface area contributed by atoms with Gasteiger partial charge in [0, 0.05) is 6.54 Å². The largest absolute Gasteiger partial charge is 0.364 e. The topological polar surface area (TPSA) is 53.6 Å². The van der Waals surface area contributed by atoms with Crippen molar-refractivity contribution in [1.82, 2.24) is 9.55 Å². The predicted octanol–water partition coefficient (Wildman–Crippen LogP) is 3.23. The van der Waals surface area contributed by atoms with E-state index in [0.29, 0.717) is 5.02 Å². The number of anilines is 1. The van der Waals surface area contributed by atoms with Gasteiger partial charge in [-0.1, -0.05) is 23.7 Å². The number of halogens is 1. The number of nitrogens with zero attached hydrogens (tertiary/aromatic N) is 3. The number of nitrogens with one attached hydrogen (secondary N) is 1. The van der Waals surface area contributed by atoms with E-state index in [0.717, 1.165) is 17.9 Å². The predicted molar refractivity (Wildman–Crippen MR) is 71.3 cm³/mol. The molecule has 1 unspecified atom stereocenters. The number of aromatic nitrogens is 2. The molecular weight excluding hydrogens is 248 g/mol. The smallest absolute Gasteiger partial charge is 0.156 e. The Kier molecular flexibility index (Phi) is 3.85. The Bertz CT molecular complexity index is 570. The molecule has 1 heterocycles. The first-order chi connectivity index (χ1) is 8.76. The zero-order valence-electron chi connectivity index (χ0n) is 9.97. The van der Waals surface area contributed by atoms with E-state index in [2.05, 4.69) is 16.4 Å². The molecule has 0 aliphatic rings. The fourth-order valence-electron chi connectivity index (χ4n) is 1.74. The molecule has 0 aliphatic heterocycles. The molecule has 0 aliphatic carbocycles. The maximum absolute atomic E-state index is 9.27. The zero-order valence-corrected chi connectivity index (χ0v) is 10.7. The zero-order chi connectivity index (χ0) is 13.0. The van der Waals surface area contributed by atoms with Crippen LogP contribution in [0, 0.1) is 11.3 Å². The molecule has 0 amide bonds. The fourth-order valence-corrected chi connectivity index (χ4v) is 1.93. The Hall–Kier alpha value is -1.99. The molecule has 2 rings (SSSR count). The standard InChI is InChI=1S/C13H13ClN4/c1-2-18-9-16-8-13(18)12(7-15)17-11-6-4-3-5-10(11)14/h3-6,8-9,12,17H,2H2,1H3. The van der Waals surface area contributed by atoms with Gasteiger partial charge in [0.05, 0.1) is 35.0 Å². The molecule has 0 bridgehead atoms. The highest BCUT2D eigenvalue weighted by Crippen LogP contribution is 2.25. The van der Waals surface area contributed by atoms with Crippen molar-refractivity contribution < 1.29 is 0 Å².